The van der Waals surface area contributed by atoms with Gasteiger partial charge in [-0.15, -0.1) is 11.8 Å². The second-order valence-electron chi connectivity index (χ2n) is 3.54. The predicted molar refractivity (Wildman–Crippen MR) is 66.5 cm³/mol. The van der Waals surface area contributed by atoms with Gasteiger partial charge in [-0.3, -0.25) is 4.98 Å². The van der Waals surface area contributed by atoms with Crippen LogP contribution in [0.15, 0.2) is 47.6 Å². The van der Waals surface area contributed by atoms with Crippen LogP contribution in [-0.4, -0.2) is 16.3 Å². The number of hydrogen-bond donors (Lipinski definition) is 1. The highest BCUT2D eigenvalue weighted by atomic mass is 32.2. The summed E-state index contributed by atoms with van der Waals surface area (Å²) in [5, 5.41) is 10.2. The predicted octanol–water partition coefficient (Wildman–Crippen LogP) is 3.02. The summed E-state index contributed by atoms with van der Waals surface area (Å²) in [6, 6.07) is 8.93. The molecule has 0 amide bonds. The normalized spacial score (nSPS) is 12.4. The van der Waals surface area contributed by atoms with Crippen LogP contribution in [0.5, 0.6) is 0 Å². The molecule has 2 aromatic rings. The van der Waals surface area contributed by atoms with E-state index in [0.29, 0.717) is 5.56 Å². The minimum atomic E-state index is -0.957. The SMILES string of the molecule is CSc1ccccc1C(O)c1ccncc1F. The molecule has 0 spiro atoms. The zero-order valence-corrected chi connectivity index (χ0v) is 10.1. The molecule has 88 valence electrons. The van der Waals surface area contributed by atoms with Crippen molar-refractivity contribution in [3.63, 3.8) is 0 Å². The standard InChI is InChI=1S/C13H12FNOS/c1-17-12-5-3-2-4-10(12)13(16)9-6-7-15-8-11(9)14/h2-8,13,16H,1H3. The highest BCUT2D eigenvalue weighted by molar-refractivity contribution is 7.98. The Balaban J connectivity index is 2.44. The molecule has 1 atom stereocenters. The second kappa shape index (κ2) is 5.29. The molecule has 1 aromatic carbocycles. The van der Waals surface area contributed by atoms with Gasteiger partial charge in [0.15, 0.2) is 0 Å². The molecule has 4 heteroatoms. The summed E-state index contributed by atoms with van der Waals surface area (Å²) in [6.07, 6.45) is 3.56. The fraction of sp³-hybridized carbons (Fsp3) is 0.154. The lowest BCUT2D eigenvalue weighted by atomic mass is 10.0. The van der Waals surface area contributed by atoms with Crippen LogP contribution in [0, 0.1) is 5.82 Å². The maximum Gasteiger partial charge on any atom is 0.147 e. The van der Waals surface area contributed by atoms with Crippen molar-refractivity contribution in [2.75, 3.05) is 6.26 Å². The molecule has 17 heavy (non-hydrogen) atoms. The molecule has 1 aromatic heterocycles. The number of pyridine rings is 1. The van der Waals surface area contributed by atoms with Crippen molar-refractivity contribution in [2.24, 2.45) is 0 Å². The highest BCUT2D eigenvalue weighted by Crippen LogP contribution is 2.30. The van der Waals surface area contributed by atoms with Crippen molar-refractivity contribution in [3.05, 3.63) is 59.7 Å². The molecule has 2 rings (SSSR count). The van der Waals surface area contributed by atoms with Crippen molar-refractivity contribution in [2.45, 2.75) is 11.0 Å². The summed E-state index contributed by atoms with van der Waals surface area (Å²) < 4.78 is 13.5. The van der Waals surface area contributed by atoms with E-state index in [-0.39, 0.29) is 5.56 Å². The molecule has 0 aliphatic rings. The molecule has 0 saturated heterocycles. The van der Waals surface area contributed by atoms with Crippen LogP contribution >= 0.6 is 11.8 Å². The average molecular weight is 249 g/mol. The summed E-state index contributed by atoms with van der Waals surface area (Å²) in [4.78, 5) is 4.61. The van der Waals surface area contributed by atoms with E-state index in [0.717, 1.165) is 11.1 Å². The summed E-state index contributed by atoms with van der Waals surface area (Å²) in [7, 11) is 0. The number of rotatable bonds is 3. The third-order valence-electron chi connectivity index (χ3n) is 2.53. The van der Waals surface area contributed by atoms with Crippen LogP contribution in [0.3, 0.4) is 0 Å². The molecule has 0 aliphatic carbocycles. The maximum absolute atomic E-state index is 13.5. The number of nitrogens with zero attached hydrogens (tertiary/aromatic N) is 1. The Morgan fingerprint density at radius 2 is 2.00 bits per heavy atom. The lowest BCUT2D eigenvalue weighted by Gasteiger charge is -2.15. The summed E-state index contributed by atoms with van der Waals surface area (Å²) in [5.41, 5.74) is 0.964. The summed E-state index contributed by atoms with van der Waals surface area (Å²) in [5.74, 6) is -0.490. The topological polar surface area (TPSA) is 33.1 Å². The molecule has 0 aliphatic heterocycles. The van der Waals surface area contributed by atoms with Gasteiger partial charge in [0.1, 0.15) is 11.9 Å². The monoisotopic (exact) mass is 249 g/mol. The molecule has 0 saturated carbocycles. The van der Waals surface area contributed by atoms with Crippen LogP contribution in [0.1, 0.15) is 17.2 Å². The number of aromatic nitrogens is 1. The van der Waals surface area contributed by atoms with E-state index in [2.05, 4.69) is 4.98 Å². The molecular formula is C13H12FNOS. The second-order valence-corrected chi connectivity index (χ2v) is 4.39. The highest BCUT2D eigenvalue weighted by Gasteiger charge is 2.17. The number of halogens is 1. The van der Waals surface area contributed by atoms with E-state index in [9.17, 15) is 9.50 Å². The first-order valence-corrected chi connectivity index (χ1v) is 6.37. The van der Waals surface area contributed by atoms with E-state index in [1.54, 1.807) is 6.07 Å². The number of hydrogen-bond acceptors (Lipinski definition) is 3. The fourth-order valence-corrected chi connectivity index (χ4v) is 2.30. The van der Waals surface area contributed by atoms with Crippen molar-refractivity contribution in [3.8, 4) is 0 Å². The number of benzene rings is 1. The Labute approximate surface area is 104 Å². The Morgan fingerprint density at radius 3 is 2.71 bits per heavy atom. The fourth-order valence-electron chi connectivity index (χ4n) is 1.67. The lowest BCUT2D eigenvalue weighted by Crippen LogP contribution is -2.04. The molecule has 1 heterocycles. The van der Waals surface area contributed by atoms with Crippen LogP contribution < -0.4 is 0 Å². The van der Waals surface area contributed by atoms with Gasteiger partial charge in [0.25, 0.3) is 0 Å². The van der Waals surface area contributed by atoms with Crippen molar-refractivity contribution < 1.29 is 9.50 Å². The zero-order valence-electron chi connectivity index (χ0n) is 9.30. The third kappa shape index (κ3) is 2.48. The molecule has 0 bridgehead atoms. The van der Waals surface area contributed by atoms with E-state index < -0.39 is 11.9 Å². The van der Waals surface area contributed by atoms with Gasteiger partial charge in [0, 0.05) is 16.7 Å². The van der Waals surface area contributed by atoms with Gasteiger partial charge in [-0.1, -0.05) is 18.2 Å². The molecule has 0 fully saturated rings. The quantitative estimate of drug-likeness (QED) is 0.849. The maximum atomic E-state index is 13.5. The number of aliphatic hydroxyl groups is 1. The van der Waals surface area contributed by atoms with Gasteiger partial charge >= 0.3 is 0 Å². The van der Waals surface area contributed by atoms with Gasteiger partial charge in [-0.25, -0.2) is 4.39 Å². The first-order chi connectivity index (χ1) is 8.24. The first kappa shape index (κ1) is 12.1. The molecular weight excluding hydrogens is 237 g/mol. The van der Waals surface area contributed by atoms with Gasteiger partial charge in [0.05, 0.1) is 6.20 Å². The Kier molecular flexibility index (Phi) is 3.76. The van der Waals surface area contributed by atoms with Crippen LogP contribution in [0.2, 0.25) is 0 Å². The summed E-state index contributed by atoms with van der Waals surface area (Å²) >= 11 is 1.53. The van der Waals surface area contributed by atoms with Gasteiger partial charge in [-0.2, -0.15) is 0 Å². The number of thioether (sulfide) groups is 1. The minimum absolute atomic E-state index is 0.251. The van der Waals surface area contributed by atoms with Crippen molar-refractivity contribution in [1.82, 2.24) is 4.98 Å². The van der Waals surface area contributed by atoms with Crippen molar-refractivity contribution >= 4 is 11.8 Å². The van der Waals surface area contributed by atoms with Gasteiger partial charge in [0.2, 0.25) is 0 Å². The van der Waals surface area contributed by atoms with E-state index in [4.69, 9.17) is 0 Å². The number of aliphatic hydroxyl groups excluding tert-OH is 1. The van der Waals surface area contributed by atoms with Crippen LogP contribution in [0.4, 0.5) is 4.39 Å². The zero-order chi connectivity index (χ0) is 12.3. The van der Waals surface area contributed by atoms with E-state index in [1.807, 2.05) is 24.5 Å². The minimum Gasteiger partial charge on any atom is -0.384 e. The molecule has 0 radical (unpaired) electrons. The van der Waals surface area contributed by atoms with Crippen LogP contribution in [0.25, 0.3) is 0 Å². The third-order valence-corrected chi connectivity index (χ3v) is 3.34. The van der Waals surface area contributed by atoms with Crippen molar-refractivity contribution in [1.29, 1.82) is 0 Å². The summed E-state index contributed by atoms with van der Waals surface area (Å²) in [6.45, 7) is 0. The van der Waals surface area contributed by atoms with Gasteiger partial charge < -0.3 is 5.11 Å². The molecule has 1 unspecified atom stereocenters. The van der Waals surface area contributed by atoms with E-state index in [1.165, 1.54) is 24.0 Å². The van der Waals surface area contributed by atoms with Gasteiger partial charge in [-0.05, 0) is 24.0 Å². The Morgan fingerprint density at radius 1 is 1.24 bits per heavy atom. The first-order valence-electron chi connectivity index (χ1n) is 5.14. The van der Waals surface area contributed by atoms with Crippen LogP contribution in [-0.2, 0) is 0 Å². The average Bonchev–Trinajstić information content (AvgIpc) is 2.38. The lowest BCUT2D eigenvalue weighted by molar-refractivity contribution is 0.212. The largest absolute Gasteiger partial charge is 0.384 e. The smallest absolute Gasteiger partial charge is 0.147 e. The van der Waals surface area contributed by atoms with E-state index >= 15 is 0 Å². The molecule has 2 nitrogen and oxygen atoms in total. The molecule has 1 N–H and O–H groups in total. The Bertz CT molecular complexity index is 518. The Hall–Kier alpha value is -1.39.